The SMILES string of the molecule is C/C(=C\CCOC(=O)CCCl)C(=O)O. The van der Waals surface area contributed by atoms with Gasteiger partial charge < -0.3 is 9.84 Å². The smallest absolute Gasteiger partial charge is 0.330 e. The number of carbonyl (C=O) groups is 2. The second-order valence-electron chi connectivity index (χ2n) is 2.64. The van der Waals surface area contributed by atoms with Crippen LogP contribution in [0.15, 0.2) is 11.6 Å². The summed E-state index contributed by atoms with van der Waals surface area (Å²) in [6.45, 7) is 1.68. The van der Waals surface area contributed by atoms with E-state index in [2.05, 4.69) is 0 Å². The largest absolute Gasteiger partial charge is 0.478 e. The van der Waals surface area contributed by atoms with Crippen LogP contribution in [0, 0.1) is 0 Å². The monoisotopic (exact) mass is 220 g/mol. The summed E-state index contributed by atoms with van der Waals surface area (Å²) in [5.74, 6) is -1.08. The Bertz CT molecular complexity index is 235. The third kappa shape index (κ3) is 6.48. The molecule has 0 bridgehead atoms. The first kappa shape index (κ1) is 13.0. The molecule has 0 unspecified atom stereocenters. The van der Waals surface area contributed by atoms with Crippen molar-refractivity contribution in [2.45, 2.75) is 19.8 Å². The van der Waals surface area contributed by atoms with Crippen LogP contribution in [-0.2, 0) is 14.3 Å². The van der Waals surface area contributed by atoms with Crippen molar-refractivity contribution < 1.29 is 19.4 Å². The first-order chi connectivity index (χ1) is 6.57. The molecule has 14 heavy (non-hydrogen) atoms. The topological polar surface area (TPSA) is 63.6 Å². The number of alkyl halides is 1. The molecule has 0 aliphatic heterocycles. The Kier molecular flexibility index (Phi) is 6.84. The average molecular weight is 221 g/mol. The number of carboxylic acids is 1. The van der Waals surface area contributed by atoms with E-state index in [0.29, 0.717) is 6.42 Å². The molecule has 0 spiro atoms. The van der Waals surface area contributed by atoms with Crippen LogP contribution in [0.1, 0.15) is 19.8 Å². The van der Waals surface area contributed by atoms with Gasteiger partial charge in [0.15, 0.2) is 0 Å². The van der Waals surface area contributed by atoms with Gasteiger partial charge in [0.2, 0.25) is 0 Å². The minimum Gasteiger partial charge on any atom is -0.478 e. The second-order valence-corrected chi connectivity index (χ2v) is 3.02. The first-order valence-corrected chi connectivity index (χ1v) is 4.73. The maximum absolute atomic E-state index is 10.8. The lowest BCUT2D eigenvalue weighted by Gasteiger charge is -2.00. The molecular formula is C9H13ClO4. The van der Waals surface area contributed by atoms with Crippen LogP contribution >= 0.6 is 11.6 Å². The molecule has 0 saturated carbocycles. The van der Waals surface area contributed by atoms with Crippen LogP contribution in [0.25, 0.3) is 0 Å². The molecule has 1 N–H and O–H groups in total. The highest BCUT2D eigenvalue weighted by Crippen LogP contribution is 1.97. The number of carboxylic acid groups (broad SMARTS) is 1. The highest BCUT2D eigenvalue weighted by molar-refractivity contribution is 6.18. The fourth-order valence-electron chi connectivity index (χ4n) is 0.685. The summed E-state index contributed by atoms with van der Waals surface area (Å²) in [4.78, 5) is 21.1. The molecule has 0 aliphatic rings. The fourth-order valence-corrected chi connectivity index (χ4v) is 0.839. The third-order valence-electron chi connectivity index (χ3n) is 1.47. The summed E-state index contributed by atoms with van der Waals surface area (Å²) in [6, 6.07) is 0. The van der Waals surface area contributed by atoms with Crippen LogP contribution in [0.5, 0.6) is 0 Å². The molecule has 0 rings (SSSR count). The Labute approximate surface area is 87.5 Å². The standard InChI is InChI=1S/C9H13ClO4/c1-7(9(12)13)3-2-6-14-8(11)4-5-10/h3H,2,4-6H2,1H3,(H,12,13)/b7-3+. The van der Waals surface area contributed by atoms with E-state index >= 15 is 0 Å². The molecule has 0 fully saturated rings. The quantitative estimate of drug-likeness (QED) is 0.320. The van der Waals surface area contributed by atoms with E-state index in [4.69, 9.17) is 21.4 Å². The molecule has 0 aliphatic carbocycles. The molecule has 0 amide bonds. The van der Waals surface area contributed by atoms with Gasteiger partial charge in [0.25, 0.3) is 0 Å². The van der Waals surface area contributed by atoms with Crippen molar-refractivity contribution in [3.8, 4) is 0 Å². The molecule has 80 valence electrons. The number of rotatable bonds is 6. The third-order valence-corrected chi connectivity index (χ3v) is 1.66. The number of carbonyl (C=O) groups excluding carboxylic acids is 1. The average Bonchev–Trinajstić information content (AvgIpc) is 2.12. The van der Waals surface area contributed by atoms with Crippen LogP contribution < -0.4 is 0 Å². The van der Waals surface area contributed by atoms with Crippen molar-refractivity contribution in [1.29, 1.82) is 0 Å². The van der Waals surface area contributed by atoms with Gasteiger partial charge in [-0.2, -0.15) is 0 Å². The van der Waals surface area contributed by atoms with Gasteiger partial charge >= 0.3 is 11.9 Å². The minimum atomic E-state index is -0.961. The number of hydrogen-bond donors (Lipinski definition) is 1. The van der Waals surface area contributed by atoms with Crippen LogP contribution in [0.3, 0.4) is 0 Å². The molecule has 0 atom stereocenters. The van der Waals surface area contributed by atoms with Gasteiger partial charge in [-0.1, -0.05) is 6.08 Å². The normalized spacial score (nSPS) is 11.1. The molecule has 5 heteroatoms. The van der Waals surface area contributed by atoms with Gasteiger partial charge in [-0.15, -0.1) is 11.6 Å². The lowest BCUT2D eigenvalue weighted by molar-refractivity contribution is -0.143. The highest BCUT2D eigenvalue weighted by atomic mass is 35.5. The summed E-state index contributed by atoms with van der Waals surface area (Å²) < 4.78 is 4.75. The number of ether oxygens (including phenoxy) is 1. The van der Waals surface area contributed by atoms with Gasteiger partial charge in [-0.3, -0.25) is 4.79 Å². The zero-order chi connectivity index (χ0) is 11.0. The summed E-state index contributed by atoms with van der Waals surface area (Å²) in [5, 5.41) is 8.48. The zero-order valence-electron chi connectivity index (χ0n) is 7.96. The molecule has 0 aromatic carbocycles. The predicted molar refractivity (Wildman–Crippen MR) is 52.3 cm³/mol. The van der Waals surface area contributed by atoms with Crippen molar-refractivity contribution in [3.63, 3.8) is 0 Å². The Balaban J connectivity index is 3.60. The Hall–Kier alpha value is -1.03. The van der Waals surface area contributed by atoms with Crippen LogP contribution in [0.2, 0.25) is 0 Å². The van der Waals surface area contributed by atoms with Gasteiger partial charge in [0, 0.05) is 17.9 Å². The number of esters is 1. The van der Waals surface area contributed by atoms with Crippen molar-refractivity contribution >= 4 is 23.5 Å². The van der Waals surface area contributed by atoms with E-state index in [9.17, 15) is 9.59 Å². The Morgan fingerprint density at radius 2 is 2.14 bits per heavy atom. The van der Waals surface area contributed by atoms with E-state index in [1.807, 2.05) is 0 Å². The highest BCUT2D eigenvalue weighted by Gasteiger charge is 2.01. The van der Waals surface area contributed by atoms with Crippen LogP contribution in [0.4, 0.5) is 0 Å². The minimum absolute atomic E-state index is 0.184. The van der Waals surface area contributed by atoms with Crippen molar-refractivity contribution in [3.05, 3.63) is 11.6 Å². The maximum Gasteiger partial charge on any atom is 0.330 e. The number of halogens is 1. The van der Waals surface area contributed by atoms with Gasteiger partial charge in [-0.25, -0.2) is 4.79 Å². The molecule has 0 saturated heterocycles. The summed E-state index contributed by atoms with van der Waals surface area (Å²) in [5.41, 5.74) is 0.249. The lowest BCUT2D eigenvalue weighted by atomic mass is 10.2. The van der Waals surface area contributed by atoms with Gasteiger partial charge in [0.1, 0.15) is 0 Å². The summed E-state index contributed by atoms with van der Waals surface area (Å²) in [7, 11) is 0. The lowest BCUT2D eigenvalue weighted by Crippen LogP contribution is -2.06. The molecule has 4 nitrogen and oxygen atoms in total. The molecule has 0 aromatic rings. The molecular weight excluding hydrogens is 208 g/mol. The zero-order valence-corrected chi connectivity index (χ0v) is 8.71. The van der Waals surface area contributed by atoms with Crippen molar-refractivity contribution in [1.82, 2.24) is 0 Å². The first-order valence-electron chi connectivity index (χ1n) is 4.19. The Morgan fingerprint density at radius 3 is 2.64 bits per heavy atom. The van der Waals surface area contributed by atoms with Gasteiger partial charge in [0.05, 0.1) is 13.0 Å². The van der Waals surface area contributed by atoms with E-state index in [-0.39, 0.29) is 30.5 Å². The van der Waals surface area contributed by atoms with Crippen LogP contribution in [-0.4, -0.2) is 29.5 Å². The van der Waals surface area contributed by atoms with Crippen molar-refractivity contribution in [2.75, 3.05) is 12.5 Å². The summed E-state index contributed by atoms with van der Waals surface area (Å²) in [6.07, 6.45) is 2.10. The predicted octanol–water partition coefficient (Wildman–Crippen LogP) is 1.58. The molecule has 0 heterocycles. The maximum atomic E-state index is 10.8. The Morgan fingerprint density at radius 1 is 1.50 bits per heavy atom. The van der Waals surface area contributed by atoms with E-state index in [1.165, 1.54) is 13.0 Å². The second kappa shape index (κ2) is 7.38. The van der Waals surface area contributed by atoms with E-state index in [1.54, 1.807) is 0 Å². The number of aliphatic carboxylic acids is 1. The van der Waals surface area contributed by atoms with E-state index in [0.717, 1.165) is 0 Å². The van der Waals surface area contributed by atoms with Gasteiger partial charge in [-0.05, 0) is 6.92 Å². The van der Waals surface area contributed by atoms with Crippen molar-refractivity contribution in [2.24, 2.45) is 0 Å². The van der Waals surface area contributed by atoms with E-state index < -0.39 is 5.97 Å². The summed E-state index contributed by atoms with van der Waals surface area (Å²) >= 11 is 5.31. The number of hydrogen-bond acceptors (Lipinski definition) is 3. The molecule has 0 aromatic heterocycles. The molecule has 0 radical (unpaired) electrons. The fraction of sp³-hybridized carbons (Fsp3) is 0.556.